The summed E-state index contributed by atoms with van der Waals surface area (Å²) in [5.41, 5.74) is 0.0878. The molecule has 3 aliphatic rings. The van der Waals surface area contributed by atoms with E-state index in [4.69, 9.17) is 4.74 Å². The van der Waals surface area contributed by atoms with Crippen LogP contribution in [0.15, 0.2) is 30.5 Å². The molecule has 2 saturated heterocycles. The molecule has 0 bridgehead atoms. The summed E-state index contributed by atoms with van der Waals surface area (Å²) in [6, 6.07) is 7.02. The summed E-state index contributed by atoms with van der Waals surface area (Å²) in [7, 11) is 3.90. The number of piperidine rings is 1. The predicted molar refractivity (Wildman–Crippen MR) is 156 cm³/mol. The molecular formula is C31H41F3N6O3. The van der Waals surface area contributed by atoms with Crippen LogP contribution in [-0.2, 0) is 22.1 Å². The maximum Gasteiger partial charge on any atom is 0.419 e. The highest BCUT2D eigenvalue weighted by atomic mass is 19.4. The van der Waals surface area contributed by atoms with Gasteiger partial charge in [-0.25, -0.2) is 9.97 Å². The number of nitrogens with zero attached hydrogens (tertiary/aromatic N) is 4. The average Bonchev–Trinajstić information content (AvgIpc) is 3.45. The van der Waals surface area contributed by atoms with Gasteiger partial charge in [0.05, 0.1) is 11.3 Å². The molecule has 43 heavy (non-hydrogen) atoms. The van der Waals surface area contributed by atoms with Crippen LogP contribution in [0.3, 0.4) is 0 Å². The third-order valence-corrected chi connectivity index (χ3v) is 9.14. The van der Waals surface area contributed by atoms with E-state index in [0.717, 1.165) is 51.4 Å². The van der Waals surface area contributed by atoms with Crippen LogP contribution >= 0.6 is 0 Å². The molecule has 12 heteroatoms. The van der Waals surface area contributed by atoms with Crippen molar-refractivity contribution in [3.63, 3.8) is 0 Å². The molecule has 2 aromatic rings. The van der Waals surface area contributed by atoms with E-state index in [-0.39, 0.29) is 53.8 Å². The molecule has 1 aromatic carbocycles. The normalized spacial score (nSPS) is 22.3. The lowest BCUT2D eigenvalue weighted by Crippen LogP contribution is -2.44. The number of anilines is 2. The summed E-state index contributed by atoms with van der Waals surface area (Å²) in [5, 5.41) is 6.08. The molecule has 1 aliphatic carbocycles. The van der Waals surface area contributed by atoms with Crippen molar-refractivity contribution in [3.05, 3.63) is 47.3 Å². The van der Waals surface area contributed by atoms with Gasteiger partial charge in [0, 0.05) is 55.7 Å². The Hall–Kier alpha value is -3.25. The standard InChI is InChI=1S/C31H41F3N6O3/c1-39-14-10-24(11-15-39)40(2)29(42)20-6-8-22(9-7-20)37-30-35-19-26(31(32,33)34)27(38-30)18-21-4-3-5-25(21)28(41)36-23-12-16-43-17-13-23/h6-9,19,21,23-25H,3-5,10-18H2,1-2H3,(H,36,41)(H,35,37,38)/t21-,25-/m0/s1. The zero-order chi connectivity index (χ0) is 30.6. The molecule has 2 amide bonds. The second kappa shape index (κ2) is 13.6. The lowest BCUT2D eigenvalue weighted by molar-refractivity contribution is -0.138. The number of benzene rings is 1. The molecule has 0 unspecified atom stereocenters. The Balaban J connectivity index is 1.26. The van der Waals surface area contributed by atoms with Gasteiger partial charge in [-0.05, 0) is 95.3 Å². The monoisotopic (exact) mass is 602 g/mol. The maximum absolute atomic E-state index is 14.0. The first-order valence-corrected chi connectivity index (χ1v) is 15.2. The van der Waals surface area contributed by atoms with Gasteiger partial charge in [0.15, 0.2) is 0 Å². The fourth-order valence-corrected chi connectivity index (χ4v) is 6.47. The second-order valence-electron chi connectivity index (χ2n) is 12.1. The van der Waals surface area contributed by atoms with Crippen LogP contribution in [0.2, 0.25) is 0 Å². The molecule has 3 heterocycles. The van der Waals surface area contributed by atoms with Gasteiger partial charge in [-0.1, -0.05) is 6.42 Å². The van der Waals surface area contributed by atoms with Gasteiger partial charge in [-0.3, -0.25) is 9.59 Å². The van der Waals surface area contributed by atoms with Crippen LogP contribution in [0.1, 0.15) is 66.6 Å². The SMILES string of the molecule is CN1CCC(N(C)C(=O)c2ccc(Nc3ncc(C(F)(F)F)c(C[C@@H]4CCC[C@@H]4C(=O)NC4CCOCC4)n3)cc2)CC1. The minimum absolute atomic E-state index is 0.0340. The number of alkyl halides is 3. The van der Waals surface area contributed by atoms with E-state index >= 15 is 0 Å². The summed E-state index contributed by atoms with van der Waals surface area (Å²) in [6.45, 7) is 3.09. The van der Waals surface area contributed by atoms with E-state index in [1.165, 1.54) is 0 Å². The first-order valence-electron chi connectivity index (χ1n) is 15.2. The van der Waals surface area contributed by atoms with Crippen LogP contribution < -0.4 is 10.6 Å². The van der Waals surface area contributed by atoms with E-state index < -0.39 is 11.7 Å². The summed E-state index contributed by atoms with van der Waals surface area (Å²) in [4.78, 5) is 38.4. The molecule has 0 radical (unpaired) electrons. The second-order valence-corrected chi connectivity index (χ2v) is 12.1. The van der Waals surface area contributed by atoms with E-state index in [1.54, 1.807) is 29.2 Å². The molecule has 0 spiro atoms. The number of hydrogen-bond donors (Lipinski definition) is 2. The number of nitrogens with one attached hydrogen (secondary N) is 2. The smallest absolute Gasteiger partial charge is 0.381 e. The molecule has 234 valence electrons. The van der Waals surface area contributed by atoms with Crippen LogP contribution in [-0.4, -0.2) is 84.1 Å². The number of carbonyl (C=O) groups excluding carboxylic acids is 2. The van der Waals surface area contributed by atoms with Crippen molar-refractivity contribution >= 4 is 23.5 Å². The molecule has 2 aliphatic heterocycles. The summed E-state index contributed by atoms with van der Waals surface area (Å²) >= 11 is 0. The average molecular weight is 603 g/mol. The molecule has 2 N–H and O–H groups in total. The Morgan fingerprint density at radius 2 is 1.74 bits per heavy atom. The fourth-order valence-electron chi connectivity index (χ4n) is 6.47. The quantitative estimate of drug-likeness (QED) is 0.454. The van der Waals surface area contributed by atoms with E-state index in [0.29, 0.717) is 37.3 Å². The van der Waals surface area contributed by atoms with E-state index in [1.807, 2.05) is 7.05 Å². The van der Waals surface area contributed by atoms with Crippen LogP contribution in [0.25, 0.3) is 0 Å². The zero-order valence-electron chi connectivity index (χ0n) is 24.8. The van der Waals surface area contributed by atoms with Crippen LogP contribution in [0.4, 0.5) is 24.8 Å². The van der Waals surface area contributed by atoms with Crippen molar-refractivity contribution in [2.24, 2.45) is 11.8 Å². The third kappa shape index (κ3) is 7.83. The highest BCUT2D eigenvalue weighted by Gasteiger charge is 2.39. The van der Waals surface area contributed by atoms with Gasteiger partial charge >= 0.3 is 6.18 Å². The van der Waals surface area contributed by atoms with Gasteiger partial charge in [0.25, 0.3) is 5.91 Å². The highest BCUT2D eigenvalue weighted by Crippen LogP contribution is 2.38. The molecule has 2 atom stereocenters. The van der Waals surface area contributed by atoms with Crippen molar-refractivity contribution in [1.82, 2.24) is 25.1 Å². The largest absolute Gasteiger partial charge is 0.419 e. The van der Waals surface area contributed by atoms with Crippen molar-refractivity contribution in [2.75, 3.05) is 45.7 Å². The summed E-state index contributed by atoms with van der Waals surface area (Å²) in [6.07, 6.45) is 1.66. The molecule has 5 rings (SSSR count). The van der Waals surface area contributed by atoms with Gasteiger partial charge < -0.3 is 25.2 Å². The number of aromatic nitrogens is 2. The number of halogens is 3. The Bertz CT molecular complexity index is 1260. The Morgan fingerprint density at radius 3 is 2.42 bits per heavy atom. The van der Waals surface area contributed by atoms with Gasteiger partial charge in [-0.15, -0.1) is 0 Å². The van der Waals surface area contributed by atoms with Crippen LogP contribution in [0, 0.1) is 11.8 Å². The van der Waals surface area contributed by atoms with Gasteiger partial charge in [-0.2, -0.15) is 13.2 Å². The van der Waals surface area contributed by atoms with Crippen molar-refractivity contribution in [3.8, 4) is 0 Å². The first-order chi connectivity index (χ1) is 20.6. The van der Waals surface area contributed by atoms with Gasteiger partial charge in [0.2, 0.25) is 11.9 Å². The van der Waals surface area contributed by atoms with Crippen molar-refractivity contribution in [1.29, 1.82) is 0 Å². The first kappa shape index (κ1) is 31.2. The Kier molecular flexibility index (Phi) is 9.85. The number of amides is 2. The lowest BCUT2D eigenvalue weighted by Gasteiger charge is -2.35. The molecule has 9 nitrogen and oxygen atoms in total. The number of rotatable bonds is 8. The topological polar surface area (TPSA) is 99.7 Å². The molecule has 1 aromatic heterocycles. The summed E-state index contributed by atoms with van der Waals surface area (Å²) < 4.78 is 47.2. The number of ether oxygens (including phenoxy) is 1. The number of likely N-dealkylation sites (tertiary alicyclic amines) is 1. The lowest BCUT2D eigenvalue weighted by atomic mass is 9.89. The minimum atomic E-state index is -4.62. The molecular weight excluding hydrogens is 561 g/mol. The molecule has 1 saturated carbocycles. The summed E-state index contributed by atoms with van der Waals surface area (Å²) in [5.74, 6) is -0.720. The van der Waals surface area contributed by atoms with Crippen molar-refractivity contribution < 1.29 is 27.5 Å². The van der Waals surface area contributed by atoms with Gasteiger partial charge in [0.1, 0.15) is 0 Å². The zero-order valence-corrected chi connectivity index (χ0v) is 24.8. The minimum Gasteiger partial charge on any atom is -0.381 e. The number of carbonyl (C=O) groups is 2. The maximum atomic E-state index is 14.0. The third-order valence-electron chi connectivity index (χ3n) is 9.14. The number of hydrogen-bond acceptors (Lipinski definition) is 7. The predicted octanol–water partition coefficient (Wildman–Crippen LogP) is 4.66. The molecule has 3 fully saturated rings. The van der Waals surface area contributed by atoms with E-state index in [2.05, 4.69) is 32.5 Å². The van der Waals surface area contributed by atoms with Crippen LogP contribution in [0.5, 0.6) is 0 Å². The highest BCUT2D eigenvalue weighted by molar-refractivity contribution is 5.94. The Morgan fingerprint density at radius 1 is 1.05 bits per heavy atom. The van der Waals surface area contributed by atoms with Crippen molar-refractivity contribution in [2.45, 2.75) is 69.6 Å². The fraction of sp³-hybridized carbons (Fsp3) is 0.613. The van der Waals surface area contributed by atoms with E-state index in [9.17, 15) is 22.8 Å². The Labute approximate surface area is 250 Å².